The van der Waals surface area contributed by atoms with Crippen LogP contribution >= 0.6 is 0 Å². The summed E-state index contributed by atoms with van der Waals surface area (Å²) >= 11 is 0. The highest BCUT2D eigenvalue weighted by Crippen LogP contribution is 2.22. The van der Waals surface area contributed by atoms with Gasteiger partial charge in [-0.1, -0.05) is 12.1 Å². The average Bonchev–Trinajstić information content (AvgIpc) is 3.15. The maximum atomic E-state index is 12.8. The van der Waals surface area contributed by atoms with Crippen molar-refractivity contribution in [2.45, 2.75) is 12.5 Å². The van der Waals surface area contributed by atoms with E-state index in [9.17, 15) is 4.79 Å². The van der Waals surface area contributed by atoms with E-state index in [-0.39, 0.29) is 11.9 Å². The number of likely N-dealkylation sites (N-methyl/N-ethyl adjacent to an activating group) is 1. The van der Waals surface area contributed by atoms with Crippen LogP contribution in [0.5, 0.6) is 0 Å². The molecule has 2 aliphatic heterocycles. The zero-order valence-corrected chi connectivity index (χ0v) is 15.7. The van der Waals surface area contributed by atoms with Gasteiger partial charge in [0.2, 0.25) is 0 Å². The summed E-state index contributed by atoms with van der Waals surface area (Å²) in [6.07, 6.45) is 4.56. The van der Waals surface area contributed by atoms with E-state index >= 15 is 0 Å². The van der Waals surface area contributed by atoms with Gasteiger partial charge >= 0.3 is 0 Å². The number of rotatable bonds is 3. The first-order chi connectivity index (χ1) is 13.1. The Balaban J connectivity index is 1.49. The largest absolute Gasteiger partial charge is 0.354 e. The average molecular weight is 366 g/mol. The number of hydrogen-bond acceptors (Lipinski definition) is 6. The van der Waals surface area contributed by atoms with Crippen LogP contribution < -0.4 is 10.6 Å². The first kappa shape index (κ1) is 17.9. The van der Waals surface area contributed by atoms with Crippen LogP contribution in [0.25, 0.3) is 11.3 Å². The van der Waals surface area contributed by atoms with Crippen molar-refractivity contribution in [1.82, 2.24) is 19.8 Å². The molecule has 2 aliphatic rings. The van der Waals surface area contributed by atoms with Gasteiger partial charge in [-0.15, -0.1) is 0 Å². The topological polar surface area (TPSA) is 78.6 Å². The van der Waals surface area contributed by atoms with Crippen molar-refractivity contribution >= 4 is 11.7 Å². The van der Waals surface area contributed by atoms with Gasteiger partial charge in [0.05, 0.1) is 18.1 Å². The van der Waals surface area contributed by atoms with Crippen molar-refractivity contribution in [3.63, 3.8) is 0 Å². The van der Waals surface area contributed by atoms with Gasteiger partial charge in [0.15, 0.2) is 0 Å². The molecule has 7 heteroatoms. The summed E-state index contributed by atoms with van der Waals surface area (Å²) in [4.78, 5) is 28.2. The summed E-state index contributed by atoms with van der Waals surface area (Å²) in [5.41, 5.74) is 8.35. The Kier molecular flexibility index (Phi) is 5.05. The number of carbonyl (C=O) groups is 1. The minimum Gasteiger partial charge on any atom is -0.354 e. The molecule has 2 fully saturated rings. The van der Waals surface area contributed by atoms with Crippen molar-refractivity contribution in [3.8, 4) is 11.3 Å². The van der Waals surface area contributed by atoms with E-state index in [1.807, 2.05) is 29.2 Å². The van der Waals surface area contributed by atoms with Crippen LogP contribution in [0.4, 0.5) is 5.82 Å². The fraction of sp³-hybridized carbons (Fsp3) is 0.450. The van der Waals surface area contributed by atoms with Crippen LogP contribution in [0.15, 0.2) is 36.7 Å². The molecule has 3 heterocycles. The fourth-order valence-corrected chi connectivity index (χ4v) is 3.63. The van der Waals surface area contributed by atoms with Crippen LogP contribution in [0.3, 0.4) is 0 Å². The highest BCUT2D eigenvalue weighted by atomic mass is 16.2. The Bertz CT molecular complexity index is 800. The number of aromatic nitrogens is 2. The summed E-state index contributed by atoms with van der Waals surface area (Å²) in [7, 11) is 2.08. The predicted molar refractivity (Wildman–Crippen MR) is 106 cm³/mol. The van der Waals surface area contributed by atoms with Gasteiger partial charge in [-0.05, 0) is 25.6 Å². The smallest absolute Gasteiger partial charge is 0.253 e. The Morgan fingerprint density at radius 2 is 1.93 bits per heavy atom. The first-order valence-electron chi connectivity index (χ1n) is 9.51. The SMILES string of the molecule is CN1CCN(C(=O)c2cccc(-c3cnc(N4CCC(N)C4)cn3)c2)CC1. The first-order valence-corrected chi connectivity index (χ1v) is 9.51. The normalized spacial score (nSPS) is 20.9. The molecular formula is C20H26N6O. The molecule has 1 aromatic heterocycles. The summed E-state index contributed by atoms with van der Waals surface area (Å²) < 4.78 is 0. The number of hydrogen-bond donors (Lipinski definition) is 1. The lowest BCUT2D eigenvalue weighted by Crippen LogP contribution is -2.47. The molecule has 0 saturated carbocycles. The molecule has 0 bridgehead atoms. The molecule has 27 heavy (non-hydrogen) atoms. The molecular weight excluding hydrogens is 340 g/mol. The third-order valence-corrected chi connectivity index (χ3v) is 5.38. The van der Waals surface area contributed by atoms with Gasteiger partial charge in [-0.25, -0.2) is 4.98 Å². The predicted octanol–water partition coefficient (Wildman–Crippen LogP) is 1.07. The molecule has 2 saturated heterocycles. The van der Waals surface area contributed by atoms with Crippen molar-refractivity contribution in [3.05, 3.63) is 42.2 Å². The van der Waals surface area contributed by atoms with Crippen molar-refractivity contribution < 1.29 is 4.79 Å². The van der Waals surface area contributed by atoms with E-state index in [4.69, 9.17) is 5.73 Å². The Hall–Kier alpha value is -2.51. The van der Waals surface area contributed by atoms with Gasteiger partial charge in [-0.3, -0.25) is 9.78 Å². The Morgan fingerprint density at radius 3 is 2.59 bits per heavy atom. The Labute approximate surface area is 159 Å². The summed E-state index contributed by atoms with van der Waals surface area (Å²) in [6, 6.07) is 7.88. The van der Waals surface area contributed by atoms with E-state index in [0.717, 1.165) is 62.8 Å². The molecule has 2 aromatic rings. The third kappa shape index (κ3) is 3.94. The minimum atomic E-state index is 0.0839. The molecule has 0 spiro atoms. The highest BCUT2D eigenvalue weighted by Gasteiger charge is 2.22. The van der Waals surface area contributed by atoms with E-state index in [0.29, 0.717) is 5.56 Å². The van der Waals surface area contributed by atoms with Crippen molar-refractivity contribution in [1.29, 1.82) is 0 Å². The van der Waals surface area contributed by atoms with Gasteiger partial charge in [0, 0.05) is 56.4 Å². The zero-order chi connectivity index (χ0) is 18.8. The molecule has 1 aromatic carbocycles. The molecule has 0 radical (unpaired) electrons. The quantitative estimate of drug-likeness (QED) is 0.875. The number of piperazine rings is 1. The number of amides is 1. The highest BCUT2D eigenvalue weighted by molar-refractivity contribution is 5.95. The molecule has 1 unspecified atom stereocenters. The molecule has 4 rings (SSSR count). The third-order valence-electron chi connectivity index (χ3n) is 5.38. The second kappa shape index (κ2) is 7.62. The maximum absolute atomic E-state index is 12.8. The zero-order valence-electron chi connectivity index (χ0n) is 15.7. The van der Waals surface area contributed by atoms with Crippen LogP contribution in [0.1, 0.15) is 16.8 Å². The van der Waals surface area contributed by atoms with Gasteiger partial charge in [0.25, 0.3) is 5.91 Å². The standard InChI is InChI=1S/C20H26N6O/c1-24-7-9-25(10-8-24)20(27)16-4-2-3-15(11-16)18-12-23-19(13-22-18)26-6-5-17(21)14-26/h2-4,11-13,17H,5-10,14,21H2,1H3. The summed E-state index contributed by atoms with van der Waals surface area (Å²) in [5, 5.41) is 0. The number of benzene rings is 1. The van der Waals surface area contributed by atoms with Crippen LogP contribution in [0, 0.1) is 0 Å². The van der Waals surface area contributed by atoms with E-state index in [1.54, 1.807) is 12.4 Å². The number of nitrogens with zero attached hydrogens (tertiary/aromatic N) is 5. The lowest BCUT2D eigenvalue weighted by atomic mass is 10.1. The van der Waals surface area contributed by atoms with Crippen LogP contribution in [0.2, 0.25) is 0 Å². The van der Waals surface area contributed by atoms with Gasteiger partial charge in [-0.2, -0.15) is 0 Å². The number of nitrogens with two attached hydrogens (primary N) is 1. The second-order valence-corrected chi connectivity index (χ2v) is 7.43. The molecule has 1 amide bonds. The van der Waals surface area contributed by atoms with E-state index in [2.05, 4.69) is 26.8 Å². The lowest BCUT2D eigenvalue weighted by Gasteiger charge is -2.32. The number of carbonyl (C=O) groups excluding carboxylic acids is 1. The maximum Gasteiger partial charge on any atom is 0.253 e. The fourth-order valence-electron chi connectivity index (χ4n) is 3.63. The van der Waals surface area contributed by atoms with Gasteiger partial charge < -0.3 is 20.4 Å². The van der Waals surface area contributed by atoms with E-state index in [1.165, 1.54) is 0 Å². The van der Waals surface area contributed by atoms with Crippen molar-refractivity contribution in [2.75, 3.05) is 51.2 Å². The van der Waals surface area contributed by atoms with Crippen molar-refractivity contribution in [2.24, 2.45) is 5.73 Å². The molecule has 0 aliphatic carbocycles. The summed E-state index contributed by atoms with van der Waals surface area (Å²) in [5.74, 6) is 0.942. The van der Waals surface area contributed by atoms with Crippen LogP contribution in [-0.4, -0.2) is 78.0 Å². The molecule has 2 N–H and O–H groups in total. The minimum absolute atomic E-state index is 0.0839. The van der Waals surface area contributed by atoms with E-state index < -0.39 is 0 Å². The Morgan fingerprint density at radius 1 is 1.11 bits per heavy atom. The summed E-state index contributed by atoms with van der Waals surface area (Å²) in [6.45, 7) is 5.11. The monoisotopic (exact) mass is 366 g/mol. The second-order valence-electron chi connectivity index (χ2n) is 7.43. The van der Waals surface area contributed by atoms with Crippen LogP contribution in [-0.2, 0) is 0 Å². The molecule has 7 nitrogen and oxygen atoms in total. The number of anilines is 1. The molecule has 1 atom stereocenters. The van der Waals surface area contributed by atoms with Gasteiger partial charge in [0.1, 0.15) is 5.82 Å². The molecule has 142 valence electrons. The lowest BCUT2D eigenvalue weighted by molar-refractivity contribution is 0.0664.